The Morgan fingerprint density at radius 3 is 2.24 bits per heavy atom. The van der Waals surface area contributed by atoms with Gasteiger partial charge in [0, 0.05) is 7.05 Å². The van der Waals surface area contributed by atoms with Crippen LogP contribution in [0.3, 0.4) is 0 Å². The minimum Gasteiger partial charge on any atom is -0.268 e. The maximum absolute atomic E-state index is 12.6. The first kappa shape index (κ1) is 13.6. The van der Waals surface area contributed by atoms with Gasteiger partial charge < -0.3 is 0 Å². The number of rotatable bonds is 2. The van der Waals surface area contributed by atoms with Crippen molar-refractivity contribution in [1.29, 1.82) is 0 Å². The van der Waals surface area contributed by atoms with E-state index in [1.165, 1.54) is 11.8 Å². The van der Waals surface area contributed by atoms with Crippen molar-refractivity contribution in [3.63, 3.8) is 0 Å². The number of amidine groups is 1. The van der Waals surface area contributed by atoms with E-state index in [0.29, 0.717) is 10.1 Å². The van der Waals surface area contributed by atoms with E-state index in [0.717, 1.165) is 11.3 Å². The third-order valence-corrected chi connectivity index (χ3v) is 4.17. The average molecular weight is 294 g/mol. The molecule has 2 aromatic carbocycles. The summed E-state index contributed by atoms with van der Waals surface area (Å²) in [5, 5.41) is 0.702. The molecule has 104 valence electrons. The highest BCUT2D eigenvalue weighted by molar-refractivity contribution is 8.19. The van der Waals surface area contributed by atoms with Crippen LogP contribution >= 0.6 is 11.8 Å². The molecule has 1 aliphatic rings. The predicted molar refractivity (Wildman–Crippen MR) is 89.3 cm³/mol. The van der Waals surface area contributed by atoms with Crippen LogP contribution < -0.4 is 4.90 Å². The van der Waals surface area contributed by atoms with E-state index in [9.17, 15) is 4.79 Å². The molecule has 0 aromatic heterocycles. The molecule has 3 nitrogen and oxygen atoms in total. The Balaban J connectivity index is 1.98. The number of hydrogen-bond donors (Lipinski definition) is 0. The second-order valence-electron chi connectivity index (χ2n) is 4.50. The molecule has 0 saturated carbocycles. The van der Waals surface area contributed by atoms with Gasteiger partial charge in [-0.2, -0.15) is 0 Å². The quantitative estimate of drug-likeness (QED) is 0.789. The van der Waals surface area contributed by atoms with Crippen LogP contribution in [0.2, 0.25) is 0 Å². The topological polar surface area (TPSA) is 32.7 Å². The lowest BCUT2D eigenvalue weighted by Crippen LogP contribution is -2.28. The number of nitrogens with zero attached hydrogens (tertiary/aromatic N) is 2. The van der Waals surface area contributed by atoms with Crippen molar-refractivity contribution in [1.82, 2.24) is 0 Å². The second kappa shape index (κ2) is 5.97. The number of benzene rings is 2. The zero-order valence-corrected chi connectivity index (χ0v) is 12.4. The van der Waals surface area contributed by atoms with Crippen molar-refractivity contribution in [3.05, 3.63) is 71.1 Å². The Hall–Kier alpha value is -2.33. The molecule has 3 rings (SSSR count). The largest absolute Gasteiger partial charge is 0.271 e. The van der Waals surface area contributed by atoms with Crippen LogP contribution in [0.4, 0.5) is 5.69 Å². The molecule has 1 aliphatic heterocycles. The number of carbonyl (C=O) groups excluding carboxylic acids is 1. The molecular formula is C17H14N2OS. The SMILES string of the molecule is C/N=C1\S/C(=C\c2ccccc2)C(=O)N1c1ccccc1. The Kier molecular flexibility index (Phi) is 3.88. The van der Waals surface area contributed by atoms with Crippen molar-refractivity contribution in [2.24, 2.45) is 4.99 Å². The molecule has 0 spiro atoms. The highest BCUT2D eigenvalue weighted by Gasteiger charge is 2.33. The number of carbonyl (C=O) groups is 1. The molecule has 0 atom stereocenters. The van der Waals surface area contributed by atoms with Crippen molar-refractivity contribution < 1.29 is 4.79 Å². The second-order valence-corrected chi connectivity index (χ2v) is 5.51. The van der Waals surface area contributed by atoms with Crippen molar-refractivity contribution in [2.75, 3.05) is 11.9 Å². The summed E-state index contributed by atoms with van der Waals surface area (Å²) in [6.07, 6.45) is 1.90. The Morgan fingerprint density at radius 1 is 1.00 bits per heavy atom. The van der Waals surface area contributed by atoms with Crippen LogP contribution in [0, 0.1) is 0 Å². The van der Waals surface area contributed by atoms with E-state index in [1.807, 2.05) is 66.7 Å². The summed E-state index contributed by atoms with van der Waals surface area (Å²) in [6.45, 7) is 0. The Morgan fingerprint density at radius 2 is 1.62 bits per heavy atom. The van der Waals surface area contributed by atoms with Crippen LogP contribution in [-0.2, 0) is 4.79 Å². The van der Waals surface area contributed by atoms with Crippen molar-refractivity contribution in [2.45, 2.75) is 0 Å². The average Bonchev–Trinajstić information content (AvgIpc) is 2.85. The van der Waals surface area contributed by atoms with Gasteiger partial charge >= 0.3 is 0 Å². The summed E-state index contributed by atoms with van der Waals surface area (Å²) in [5.74, 6) is -0.0318. The summed E-state index contributed by atoms with van der Waals surface area (Å²) in [7, 11) is 1.71. The lowest BCUT2D eigenvalue weighted by atomic mass is 10.2. The standard InChI is InChI=1S/C17H14N2OS/c1-18-17-19(14-10-6-3-7-11-14)16(20)15(21-17)12-13-8-4-2-5-9-13/h2-12H,1H3/b15-12-,18-17-. The fourth-order valence-corrected chi connectivity index (χ4v) is 3.07. The minimum absolute atomic E-state index is 0.0318. The molecule has 1 heterocycles. The van der Waals surface area contributed by atoms with Gasteiger partial charge in [-0.1, -0.05) is 48.5 Å². The van der Waals surface area contributed by atoms with Gasteiger partial charge in [-0.05, 0) is 35.5 Å². The van der Waals surface area contributed by atoms with E-state index < -0.39 is 0 Å². The number of thioether (sulfide) groups is 1. The van der Waals surface area contributed by atoms with Crippen LogP contribution in [0.25, 0.3) is 6.08 Å². The van der Waals surface area contributed by atoms with Gasteiger partial charge in [0.05, 0.1) is 10.6 Å². The zero-order valence-electron chi connectivity index (χ0n) is 11.6. The summed E-state index contributed by atoms with van der Waals surface area (Å²) in [5.41, 5.74) is 1.85. The van der Waals surface area contributed by atoms with Crippen molar-refractivity contribution >= 4 is 34.6 Å². The van der Waals surface area contributed by atoms with Crippen LogP contribution in [0.15, 0.2) is 70.6 Å². The molecular weight excluding hydrogens is 280 g/mol. The molecule has 0 radical (unpaired) electrons. The van der Waals surface area contributed by atoms with Gasteiger partial charge in [0.15, 0.2) is 5.17 Å². The van der Waals surface area contributed by atoms with Gasteiger partial charge in [-0.25, -0.2) is 0 Å². The summed E-state index contributed by atoms with van der Waals surface area (Å²) >= 11 is 1.40. The summed E-state index contributed by atoms with van der Waals surface area (Å²) < 4.78 is 0. The number of hydrogen-bond acceptors (Lipinski definition) is 3. The molecule has 0 unspecified atom stereocenters. The first-order chi connectivity index (χ1) is 10.3. The molecule has 2 aromatic rings. The van der Waals surface area contributed by atoms with Crippen LogP contribution in [0.1, 0.15) is 5.56 Å². The third-order valence-electron chi connectivity index (χ3n) is 3.11. The maximum Gasteiger partial charge on any atom is 0.271 e. The lowest BCUT2D eigenvalue weighted by molar-refractivity contribution is -0.113. The molecule has 0 aliphatic carbocycles. The van der Waals surface area contributed by atoms with E-state index in [1.54, 1.807) is 11.9 Å². The third kappa shape index (κ3) is 2.76. The van der Waals surface area contributed by atoms with Gasteiger partial charge in [0.25, 0.3) is 5.91 Å². The molecule has 0 N–H and O–H groups in total. The summed E-state index contributed by atoms with van der Waals surface area (Å²) in [4.78, 5) is 19.2. The highest BCUT2D eigenvalue weighted by Crippen LogP contribution is 2.35. The number of amides is 1. The Bertz CT molecular complexity index is 708. The summed E-state index contributed by atoms with van der Waals surface area (Å²) in [6, 6.07) is 19.4. The fourth-order valence-electron chi connectivity index (χ4n) is 2.13. The number of para-hydroxylation sites is 1. The van der Waals surface area contributed by atoms with Crippen molar-refractivity contribution in [3.8, 4) is 0 Å². The molecule has 1 amide bonds. The van der Waals surface area contributed by atoms with Crippen LogP contribution in [-0.4, -0.2) is 18.1 Å². The number of aliphatic imine (C=N–C) groups is 1. The van der Waals surface area contributed by atoms with E-state index in [2.05, 4.69) is 4.99 Å². The molecule has 21 heavy (non-hydrogen) atoms. The van der Waals surface area contributed by atoms with E-state index in [-0.39, 0.29) is 5.91 Å². The van der Waals surface area contributed by atoms with Gasteiger partial charge in [-0.3, -0.25) is 14.7 Å². The molecule has 4 heteroatoms. The monoisotopic (exact) mass is 294 g/mol. The number of anilines is 1. The normalized spacial score (nSPS) is 18.7. The van der Waals surface area contributed by atoms with E-state index >= 15 is 0 Å². The van der Waals surface area contributed by atoms with Gasteiger partial charge in [0.1, 0.15) is 0 Å². The molecule has 1 fully saturated rings. The maximum atomic E-state index is 12.6. The zero-order chi connectivity index (χ0) is 14.7. The first-order valence-electron chi connectivity index (χ1n) is 6.60. The predicted octanol–water partition coefficient (Wildman–Crippen LogP) is 3.79. The highest BCUT2D eigenvalue weighted by atomic mass is 32.2. The lowest BCUT2D eigenvalue weighted by Gasteiger charge is -2.14. The van der Waals surface area contributed by atoms with E-state index in [4.69, 9.17) is 0 Å². The van der Waals surface area contributed by atoms with Gasteiger partial charge in [0.2, 0.25) is 0 Å². The smallest absolute Gasteiger partial charge is 0.268 e. The minimum atomic E-state index is -0.0318. The first-order valence-corrected chi connectivity index (χ1v) is 7.42. The Labute approximate surface area is 128 Å². The van der Waals surface area contributed by atoms with Crippen LogP contribution in [0.5, 0.6) is 0 Å². The molecule has 0 bridgehead atoms. The van der Waals surface area contributed by atoms with Gasteiger partial charge in [-0.15, -0.1) is 0 Å². The fraction of sp³-hybridized carbons (Fsp3) is 0.0588. The molecule has 1 saturated heterocycles.